The van der Waals surface area contributed by atoms with Gasteiger partial charge in [-0.3, -0.25) is 4.79 Å². The van der Waals surface area contributed by atoms with Crippen molar-refractivity contribution in [3.8, 4) is 0 Å². The summed E-state index contributed by atoms with van der Waals surface area (Å²) >= 11 is 0. The number of anilines is 1. The molecule has 26 heavy (non-hydrogen) atoms. The van der Waals surface area contributed by atoms with E-state index in [9.17, 15) is 22.4 Å². The van der Waals surface area contributed by atoms with Crippen molar-refractivity contribution in [1.29, 1.82) is 0 Å². The summed E-state index contributed by atoms with van der Waals surface area (Å²) in [7, 11) is 0. The van der Waals surface area contributed by atoms with Gasteiger partial charge in [-0.25, -0.2) is 14.4 Å². The number of halogens is 4. The molecule has 2 atom stereocenters. The summed E-state index contributed by atoms with van der Waals surface area (Å²) in [5, 5.41) is 0. The number of nitrogen functional groups attached to an aromatic ring is 1. The topological polar surface area (TPSA) is 72.1 Å². The van der Waals surface area contributed by atoms with E-state index in [0.29, 0.717) is 18.5 Å². The van der Waals surface area contributed by atoms with Crippen molar-refractivity contribution >= 4 is 11.9 Å². The molecule has 1 saturated carbocycles. The summed E-state index contributed by atoms with van der Waals surface area (Å²) < 4.78 is 53.4. The maximum atomic E-state index is 14.5. The van der Waals surface area contributed by atoms with Crippen molar-refractivity contribution in [3.63, 3.8) is 0 Å². The van der Waals surface area contributed by atoms with Crippen LogP contribution >= 0.6 is 0 Å². The van der Waals surface area contributed by atoms with E-state index >= 15 is 0 Å². The maximum absolute atomic E-state index is 14.5. The molecule has 1 amide bonds. The van der Waals surface area contributed by atoms with Gasteiger partial charge in [0.1, 0.15) is 5.67 Å². The van der Waals surface area contributed by atoms with Gasteiger partial charge in [-0.15, -0.1) is 0 Å². The fourth-order valence-corrected chi connectivity index (χ4v) is 3.92. The van der Waals surface area contributed by atoms with E-state index in [1.807, 2.05) is 0 Å². The SMILES string of the molecule is CC(C)(F)c1nc(N)nc2c1C(=O)N(C[C@H]1CCC[C@@H](C(F)(F)F)C1)C2. The summed E-state index contributed by atoms with van der Waals surface area (Å²) in [4.78, 5) is 22.1. The Hall–Kier alpha value is -1.93. The van der Waals surface area contributed by atoms with Crippen LogP contribution in [-0.2, 0) is 12.2 Å². The molecule has 2 N–H and O–H groups in total. The monoisotopic (exact) mass is 374 g/mol. The molecule has 0 saturated heterocycles. The number of hydrogen-bond donors (Lipinski definition) is 1. The molecule has 1 fully saturated rings. The molecule has 0 unspecified atom stereocenters. The quantitative estimate of drug-likeness (QED) is 0.821. The summed E-state index contributed by atoms with van der Waals surface area (Å²) in [6.07, 6.45) is -2.93. The Labute approximate surface area is 149 Å². The van der Waals surface area contributed by atoms with Gasteiger partial charge in [0.05, 0.1) is 29.4 Å². The number of alkyl halides is 4. The lowest BCUT2D eigenvalue weighted by Gasteiger charge is -2.32. The second kappa shape index (κ2) is 6.35. The van der Waals surface area contributed by atoms with Gasteiger partial charge < -0.3 is 10.6 Å². The Balaban J connectivity index is 1.79. The number of nitrogens with two attached hydrogens (primary N) is 1. The van der Waals surface area contributed by atoms with Crippen LogP contribution in [-0.4, -0.2) is 33.5 Å². The molecule has 144 valence electrons. The third kappa shape index (κ3) is 3.61. The van der Waals surface area contributed by atoms with Crippen LogP contribution < -0.4 is 5.73 Å². The Morgan fingerprint density at radius 1 is 1.19 bits per heavy atom. The first-order valence-corrected chi connectivity index (χ1v) is 8.68. The smallest absolute Gasteiger partial charge is 0.368 e. The number of amides is 1. The van der Waals surface area contributed by atoms with Crippen LogP contribution in [0.5, 0.6) is 0 Å². The fraction of sp³-hybridized carbons (Fsp3) is 0.706. The highest BCUT2D eigenvalue weighted by Gasteiger charge is 2.44. The van der Waals surface area contributed by atoms with Crippen LogP contribution in [0.2, 0.25) is 0 Å². The van der Waals surface area contributed by atoms with E-state index in [0.717, 1.165) is 0 Å². The van der Waals surface area contributed by atoms with E-state index in [-0.39, 0.29) is 49.1 Å². The van der Waals surface area contributed by atoms with E-state index in [4.69, 9.17) is 5.73 Å². The molecule has 2 heterocycles. The Kier molecular flexibility index (Phi) is 4.60. The average Bonchev–Trinajstić information content (AvgIpc) is 2.81. The third-order valence-electron chi connectivity index (χ3n) is 5.13. The average molecular weight is 374 g/mol. The number of rotatable bonds is 3. The lowest BCUT2D eigenvalue weighted by atomic mass is 9.81. The predicted octanol–water partition coefficient (Wildman–Crippen LogP) is 3.59. The van der Waals surface area contributed by atoms with Crippen molar-refractivity contribution in [2.24, 2.45) is 11.8 Å². The highest BCUT2D eigenvalue weighted by atomic mass is 19.4. The zero-order valence-corrected chi connectivity index (χ0v) is 14.7. The van der Waals surface area contributed by atoms with Gasteiger partial charge in [0.2, 0.25) is 5.95 Å². The van der Waals surface area contributed by atoms with Gasteiger partial charge in [0.25, 0.3) is 5.91 Å². The number of carbonyl (C=O) groups is 1. The van der Waals surface area contributed by atoms with Crippen LogP contribution in [0, 0.1) is 11.8 Å². The fourth-order valence-electron chi connectivity index (χ4n) is 3.92. The first-order chi connectivity index (χ1) is 12.0. The molecule has 1 aliphatic carbocycles. The minimum absolute atomic E-state index is 0.0128. The van der Waals surface area contributed by atoms with Gasteiger partial charge in [-0.1, -0.05) is 6.42 Å². The first kappa shape index (κ1) is 18.8. The number of hydrogen-bond acceptors (Lipinski definition) is 4. The van der Waals surface area contributed by atoms with Gasteiger partial charge in [-0.05, 0) is 39.0 Å². The molecule has 5 nitrogen and oxygen atoms in total. The maximum Gasteiger partial charge on any atom is 0.391 e. The molecule has 3 rings (SSSR count). The zero-order chi connectivity index (χ0) is 19.3. The number of aromatic nitrogens is 2. The van der Waals surface area contributed by atoms with Crippen molar-refractivity contribution in [2.75, 3.05) is 12.3 Å². The summed E-state index contributed by atoms with van der Waals surface area (Å²) in [5.74, 6) is -2.11. The number of carbonyl (C=O) groups excluding carboxylic acids is 1. The highest BCUT2D eigenvalue weighted by molar-refractivity contribution is 5.99. The Morgan fingerprint density at radius 2 is 1.88 bits per heavy atom. The molecule has 1 aromatic heterocycles. The molecule has 0 radical (unpaired) electrons. The molecular weight excluding hydrogens is 352 g/mol. The normalized spacial score (nSPS) is 24.1. The first-order valence-electron chi connectivity index (χ1n) is 8.68. The van der Waals surface area contributed by atoms with Crippen molar-refractivity contribution in [3.05, 3.63) is 17.0 Å². The molecule has 0 aromatic carbocycles. The lowest BCUT2D eigenvalue weighted by Crippen LogP contribution is -2.36. The van der Waals surface area contributed by atoms with E-state index in [1.165, 1.54) is 18.7 Å². The molecule has 1 aliphatic heterocycles. The molecule has 0 spiro atoms. The van der Waals surface area contributed by atoms with Gasteiger partial charge in [0, 0.05) is 6.54 Å². The van der Waals surface area contributed by atoms with E-state index < -0.39 is 23.7 Å². The van der Waals surface area contributed by atoms with Crippen LogP contribution in [0.4, 0.5) is 23.5 Å². The molecule has 1 aromatic rings. The van der Waals surface area contributed by atoms with E-state index in [1.54, 1.807) is 0 Å². The summed E-state index contributed by atoms with van der Waals surface area (Å²) in [6.45, 7) is 2.88. The number of nitrogens with zero attached hydrogens (tertiary/aromatic N) is 3. The molecule has 0 bridgehead atoms. The van der Waals surface area contributed by atoms with Crippen molar-refractivity contribution < 1.29 is 22.4 Å². The van der Waals surface area contributed by atoms with Crippen LogP contribution in [0.1, 0.15) is 61.3 Å². The van der Waals surface area contributed by atoms with Gasteiger partial charge in [0.15, 0.2) is 0 Å². The van der Waals surface area contributed by atoms with E-state index in [2.05, 4.69) is 9.97 Å². The number of fused-ring (bicyclic) bond motifs is 1. The van der Waals surface area contributed by atoms with Crippen LogP contribution in [0.3, 0.4) is 0 Å². The largest absolute Gasteiger partial charge is 0.391 e. The van der Waals surface area contributed by atoms with Gasteiger partial charge in [-0.2, -0.15) is 13.2 Å². The van der Waals surface area contributed by atoms with Crippen LogP contribution in [0.15, 0.2) is 0 Å². The van der Waals surface area contributed by atoms with Crippen LogP contribution in [0.25, 0.3) is 0 Å². The lowest BCUT2D eigenvalue weighted by molar-refractivity contribution is -0.186. The minimum Gasteiger partial charge on any atom is -0.368 e. The highest BCUT2D eigenvalue weighted by Crippen LogP contribution is 2.41. The Morgan fingerprint density at radius 3 is 2.50 bits per heavy atom. The second-order valence-corrected chi connectivity index (χ2v) is 7.68. The molecule has 2 aliphatic rings. The minimum atomic E-state index is -4.21. The standard InChI is InChI=1S/C17H22F4N4O/c1-16(2,18)13-12-11(23-15(22)24-13)8-25(14(12)26)7-9-4-3-5-10(6-9)17(19,20)21/h9-10H,3-8H2,1-2H3,(H2,22,23,24)/t9-,10+/m0/s1. The Bertz CT molecular complexity index is 714. The summed E-state index contributed by atoms with van der Waals surface area (Å²) in [6, 6.07) is 0. The predicted molar refractivity (Wildman–Crippen MR) is 86.8 cm³/mol. The van der Waals surface area contributed by atoms with Crippen molar-refractivity contribution in [2.45, 2.75) is 57.9 Å². The summed E-state index contributed by atoms with van der Waals surface area (Å²) in [5.41, 5.74) is 4.12. The van der Waals surface area contributed by atoms with Gasteiger partial charge >= 0.3 is 6.18 Å². The second-order valence-electron chi connectivity index (χ2n) is 7.68. The molecule has 9 heteroatoms. The molecular formula is C17H22F4N4O. The van der Waals surface area contributed by atoms with Crippen molar-refractivity contribution in [1.82, 2.24) is 14.9 Å². The third-order valence-corrected chi connectivity index (χ3v) is 5.13. The zero-order valence-electron chi connectivity index (χ0n) is 14.7.